The average Bonchev–Trinajstić information content (AvgIpc) is 2.91. The van der Waals surface area contributed by atoms with Gasteiger partial charge in [-0.25, -0.2) is 0 Å². The lowest BCUT2D eigenvalue weighted by Crippen LogP contribution is -2.57. The van der Waals surface area contributed by atoms with Crippen molar-refractivity contribution in [1.29, 1.82) is 0 Å². The van der Waals surface area contributed by atoms with E-state index in [2.05, 4.69) is 19.2 Å². The van der Waals surface area contributed by atoms with E-state index in [4.69, 9.17) is 9.47 Å². The van der Waals surface area contributed by atoms with Gasteiger partial charge in [0.1, 0.15) is 11.8 Å². The second-order valence-corrected chi connectivity index (χ2v) is 9.99. The van der Waals surface area contributed by atoms with Gasteiger partial charge in [-0.3, -0.25) is 14.4 Å². The Kier molecular flexibility index (Phi) is 15.4. The number of ether oxygens (including phenoxy) is 2. The Hall–Kier alpha value is -2.57. The van der Waals surface area contributed by atoms with Gasteiger partial charge in [-0.2, -0.15) is 0 Å². The van der Waals surface area contributed by atoms with E-state index in [1.54, 1.807) is 24.3 Å². The molecule has 1 unspecified atom stereocenters. The summed E-state index contributed by atoms with van der Waals surface area (Å²) in [5.74, 6) is -0.297. The fourth-order valence-electron chi connectivity index (χ4n) is 4.55. The first kappa shape index (κ1) is 30.7. The number of nitrogens with zero attached hydrogens (tertiary/aromatic N) is 1. The number of nitrogens with one attached hydrogen (secondary N) is 1. The van der Waals surface area contributed by atoms with Crippen LogP contribution in [0.2, 0.25) is 0 Å². The van der Waals surface area contributed by atoms with Crippen LogP contribution in [0.5, 0.6) is 5.75 Å². The van der Waals surface area contributed by atoms with Gasteiger partial charge in [0.05, 0.1) is 19.6 Å². The summed E-state index contributed by atoms with van der Waals surface area (Å²) >= 11 is 0. The van der Waals surface area contributed by atoms with E-state index >= 15 is 0 Å². The van der Waals surface area contributed by atoms with E-state index in [1.165, 1.54) is 49.8 Å². The number of carbonyl (C=O) groups is 3. The molecule has 2 amide bonds. The number of benzene rings is 1. The molecule has 2 rings (SSSR count). The zero-order chi connectivity index (χ0) is 26.7. The smallest absolute Gasteiger partial charge is 0.308 e. The Balaban J connectivity index is 1.72. The topological polar surface area (TPSA) is 84.9 Å². The second kappa shape index (κ2) is 18.6. The molecule has 0 spiro atoms. The number of hydrogen-bond donors (Lipinski definition) is 1. The molecule has 1 heterocycles. The molecule has 1 aromatic carbocycles. The van der Waals surface area contributed by atoms with E-state index in [9.17, 15) is 14.4 Å². The lowest BCUT2D eigenvalue weighted by molar-refractivity contribution is -0.147. The lowest BCUT2D eigenvalue weighted by Gasteiger charge is -2.34. The zero-order valence-electron chi connectivity index (χ0n) is 23.1. The van der Waals surface area contributed by atoms with E-state index in [0.29, 0.717) is 31.9 Å². The third-order valence-corrected chi connectivity index (χ3v) is 6.83. The molecule has 0 saturated carbocycles. The summed E-state index contributed by atoms with van der Waals surface area (Å²) in [4.78, 5) is 39.6. The van der Waals surface area contributed by atoms with Crippen LogP contribution < -0.4 is 10.1 Å². The highest BCUT2D eigenvalue weighted by Gasteiger charge is 2.35. The van der Waals surface area contributed by atoms with Crippen molar-refractivity contribution in [3.8, 4) is 5.75 Å². The van der Waals surface area contributed by atoms with Gasteiger partial charge in [0.15, 0.2) is 0 Å². The van der Waals surface area contributed by atoms with Crippen molar-refractivity contribution in [3.05, 3.63) is 29.8 Å². The summed E-state index contributed by atoms with van der Waals surface area (Å²) < 4.78 is 11.1. The number of amides is 2. The third kappa shape index (κ3) is 12.0. The Labute approximate surface area is 223 Å². The first-order chi connectivity index (χ1) is 18.1. The largest absolute Gasteiger partial charge is 0.494 e. The van der Waals surface area contributed by atoms with Crippen LogP contribution in [0.4, 0.5) is 0 Å². The third-order valence-electron chi connectivity index (χ3n) is 6.83. The van der Waals surface area contributed by atoms with Crippen LogP contribution >= 0.6 is 0 Å². The number of piperazine rings is 1. The monoisotopic (exact) mass is 516 g/mol. The van der Waals surface area contributed by atoms with E-state index in [0.717, 1.165) is 44.3 Å². The number of rotatable bonds is 19. The highest BCUT2D eigenvalue weighted by atomic mass is 16.5. The zero-order valence-corrected chi connectivity index (χ0v) is 23.1. The molecule has 0 radical (unpaired) electrons. The first-order valence-corrected chi connectivity index (χ1v) is 14.5. The fourth-order valence-corrected chi connectivity index (χ4v) is 4.55. The van der Waals surface area contributed by atoms with Crippen molar-refractivity contribution in [2.75, 3.05) is 26.3 Å². The van der Waals surface area contributed by atoms with Crippen LogP contribution in [0.25, 0.3) is 0 Å². The van der Waals surface area contributed by atoms with Crippen LogP contribution in [0.15, 0.2) is 24.3 Å². The number of hydrogen-bond acceptors (Lipinski definition) is 5. The van der Waals surface area contributed by atoms with Gasteiger partial charge in [0.2, 0.25) is 5.91 Å². The predicted molar refractivity (Wildman–Crippen MR) is 147 cm³/mol. The molecule has 1 fully saturated rings. The van der Waals surface area contributed by atoms with E-state index in [1.807, 2.05) is 0 Å². The lowest BCUT2D eigenvalue weighted by atomic mass is 10.1. The average molecular weight is 517 g/mol. The van der Waals surface area contributed by atoms with Gasteiger partial charge in [-0.15, -0.1) is 0 Å². The maximum atomic E-state index is 13.2. The molecule has 0 bridgehead atoms. The molecule has 1 saturated heterocycles. The van der Waals surface area contributed by atoms with E-state index in [-0.39, 0.29) is 18.2 Å². The first-order valence-electron chi connectivity index (χ1n) is 14.5. The molecule has 1 aliphatic heterocycles. The van der Waals surface area contributed by atoms with Crippen molar-refractivity contribution >= 4 is 17.8 Å². The highest BCUT2D eigenvalue weighted by Crippen LogP contribution is 2.18. The maximum absolute atomic E-state index is 13.2. The molecular formula is C30H48N2O5. The van der Waals surface area contributed by atoms with Gasteiger partial charge < -0.3 is 19.7 Å². The quantitative estimate of drug-likeness (QED) is 0.179. The molecule has 0 aliphatic carbocycles. The van der Waals surface area contributed by atoms with E-state index < -0.39 is 12.0 Å². The SMILES string of the molecule is CCCCCCCCCCCCOC(=O)CC1C(=O)NCCN1C(=O)c1ccc(OCCCCC)cc1. The van der Waals surface area contributed by atoms with Crippen molar-refractivity contribution in [2.24, 2.45) is 0 Å². The molecule has 7 heteroatoms. The van der Waals surface area contributed by atoms with Gasteiger partial charge in [0, 0.05) is 18.7 Å². The maximum Gasteiger partial charge on any atom is 0.308 e. The second-order valence-electron chi connectivity index (χ2n) is 9.99. The molecule has 1 N–H and O–H groups in total. The number of unbranched alkanes of at least 4 members (excludes halogenated alkanes) is 11. The Morgan fingerprint density at radius 3 is 2.05 bits per heavy atom. The Morgan fingerprint density at radius 1 is 0.838 bits per heavy atom. The van der Waals surface area contributed by atoms with Crippen molar-refractivity contribution in [3.63, 3.8) is 0 Å². The predicted octanol–water partition coefficient (Wildman–Crippen LogP) is 6.05. The Bertz CT molecular complexity index is 796. The summed E-state index contributed by atoms with van der Waals surface area (Å²) in [5, 5.41) is 2.77. The molecular weight excluding hydrogens is 468 g/mol. The summed E-state index contributed by atoms with van der Waals surface area (Å²) in [7, 11) is 0. The Morgan fingerprint density at radius 2 is 1.41 bits per heavy atom. The van der Waals surface area contributed by atoms with Crippen LogP contribution in [0.1, 0.15) is 114 Å². The minimum Gasteiger partial charge on any atom is -0.494 e. The van der Waals surface area contributed by atoms with Crippen molar-refractivity contribution in [1.82, 2.24) is 10.2 Å². The summed E-state index contributed by atoms with van der Waals surface area (Å²) in [6.07, 6.45) is 15.2. The standard InChI is InChI=1S/C30H48N2O5/c1-3-5-7-8-9-10-11-12-13-15-23-37-28(33)24-27-29(34)31-20-21-32(27)30(35)25-16-18-26(19-17-25)36-22-14-6-4-2/h16-19,27H,3-15,20-24H2,1-2H3,(H,31,34). The molecule has 1 aromatic rings. The molecule has 1 aliphatic rings. The molecule has 37 heavy (non-hydrogen) atoms. The molecule has 1 atom stereocenters. The van der Waals surface area contributed by atoms with Crippen LogP contribution in [-0.4, -0.2) is 55.0 Å². The summed E-state index contributed by atoms with van der Waals surface area (Å²) in [5.41, 5.74) is 0.472. The fraction of sp³-hybridized carbons (Fsp3) is 0.700. The molecule has 7 nitrogen and oxygen atoms in total. The van der Waals surface area contributed by atoms with Crippen LogP contribution in [0.3, 0.4) is 0 Å². The number of esters is 1. The van der Waals surface area contributed by atoms with Crippen molar-refractivity contribution in [2.45, 2.75) is 110 Å². The van der Waals surface area contributed by atoms with Crippen LogP contribution in [-0.2, 0) is 14.3 Å². The molecule has 208 valence electrons. The van der Waals surface area contributed by atoms with Gasteiger partial charge >= 0.3 is 5.97 Å². The molecule has 0 aromatic heterocycles. The minimum atomic E-state index is -0.855. The highest BCUT2D eigenvalue weighted by molar-refractivity contribution is 5.99. The number of carbonyl (C=O) groups excluding carboxylic acids is 3. The van der Waals surface area contributed by atoms with Gasteiger partial charge in [-0.1, -0.05) is 84.5 Å². The summed E-state index contributed by atoms with van der Waals surface area (Å²) in [6, 6.07) is 6.12. The minimum absolute atomic E-state index is 0.131. The summed E-state index contributed by atoms with van der Waals surface area (Å²) in [6.45, 7) is 6.11. The van der Waals surface area contributed by atoms with Gasteiger partial charge in [-0.05, 0) is 37.1 Å². The van der Waals surface area contributed by atoms with Crippen molar-refractivity contribution < 1.29 is 23.9 Å². The normalized spacial score (nSPS) is 15.4. The van der Waals surface area contributed by atoms with Gasteiger partial charge in [0.25, 0.3) is 5.91 Å². The van der Waals surface area contributed by atoms with Crippen LogP contribution in [0, 0.1) is 0 Å².